The van der Waals surface area contributed by atoms with Gasteiger partial charge in [0.2, 0.25) is 0 Å². The van der Waals surface area contributed by atoms with Crippen LogP contribution in [-0.2, 0) is 13.6 Å². The van der Waals surface area contributed by atoms with Gasteiger partial charge in [-0.3, -0.25) is 14.5 Å². The Morgan fingerprint density at radius 2 is 1.84 bits per heavy atom. The summed E-state index contributed by atoms with van der Waals surface area (Å²) in [6, 6.07) is 0. The minimum Gasteiger partial charge on any atom is -0.337 e. The Labute approximate surface area is 147 Å². The molecule has 3 rings (SSSR count). The van der Waals surface area contributed by atoms with Crippen molar-refractivity contribution in [3.8, 4) is 0 Å². The highest BCUT2D eigenvalue weighted by atomic mass is 16.2. The van der Waals surface area contributed by atoms with Crippen LogP contribution in [0, 0.1) is 20.8 Å². The zero-order chi connectivity index (χ0) is 18.1. The summed E-state index contributed by atoms with van der Waals surface area (Å²) in [5.41, 5.74) is 2.55. The van der Waals surface area contributed by atoms with Gasteiger partial charge < -0.3 is 14.5 Å². The fourth-order valence-corrected chi connectivity index (χ4v) is 3.24. The molecule has 0 atom stereocenters. The lowest BCUT2D eigenvalue weighted by Gasteiger charge is -2.34. The number of nitrogens with one attached hydrogen (secondary N) is 1. The summed E-state index contributed by atoms with van der Waals surface area (Å²) < 4.78 is 2.01. The van der Waals surface area contributed by atoms with Crippen LogP contribution in [0.3, 0.4) is 0 Å². The third kappa shape index (κ3) is 3.37. The molecule has 2 aromatic heterocycles. The van der Waals surface area contributed by atoms with E-state index in [1.165, 1.54) is 0 Å². The summed E-state index contributed by atoms with van der Waals surface area (Å²) in [5.74, 6) is 0.847. The van der Waals surface area contributed by atoms with Crippen LogP contribution in [0.1, 0.15) is 33.0 Å². The zero-order valence-electron chi connectivity index (χ0n) is 15.3. The van der Waals surface area contributed by atoms with Gasteiger partial charge in [-0.15, -0.1) is 0 Å². The monoisotopic (exact) mass is 343 g/mol. The lowest BCUT2D eigenvalue weighted by Crippen LogP contribution is -2.49. The minimum atomic E-state index is -0.291. The molecule has 0 aliphatic carbocycles. The molecule has 0 saturated carbocycles. The number of carbonyl (C=O) groups is 1. The van der Waals surface area contributed by atoms with Crippen LogP contribution in [0.25, 0.3) is 0 Å². The van der Waals surface area contributed by atoms with E-state index < -0.39 is 0 Å². The molecule has 1 fully saturated rings. The van der Waals surface area contributed by atoms with E-state index in [-0.39, 0.29) is 17.0 Å². The topological polar surface area (TPSA) is 74.2 Å². The first-order valence-corrected chi connectivity index (χ1v) is 8.56. The Morgan fingerprint density at radius 3 is 2.44 bits per heavy atom. The standard InChI is InChI=1S/C18H25N5O2/c1-12-13(2)16(17(24)20-14(12)3)18(25)23-9-7-22(8-10-23)11-15-19-5-6-21(15)4/h5-6H,7-11H2,1-4H3,(H,20,24). The number of H-pyrrole nitrogens is 1. The van der Waals surface area contributed by atoms with Crippen molar-refractivity contribution in [2.45, 2.75) is 27.3 Å². The summed E-state index contributed by atoms with van der Waals surface area (Å²) in [7, 11) is 1.98. The average Bonchev–Trinajstić information content (AvgIpc) is 2.98. The highest BCUT2D eigenvalue weighted by Gasteiger charge is 2.26. The van der Waals surface area contributed by atoms with Crippen LogP contribution in [0.5, 0.6) is 0 Å². The van der Waals surface area contributed by atoms with Crippen LogP contribution < -0.4 is 5.56 Å². The van der Waals surface area contributed by atoms with Gasteiger partial charge in [0.25, 0.3) is 11.5 Å². The van der Waals surface area contributed by atoms with Crippen molar-refractivity contribution in [1.29, 1.82) is 0 Å². The zero-order valence-corrected chi connectivity index (χ0v) is 15.3. The summed E-state index contributed by atoms with van der Waals surface area (Å²) in [6.45, 7) is 9.21. The molecule has 1 aliphatic heterocycles. The number of aromatic amines is 1. The van der Waals surface area contributed by atoms with Crippen molar-refractivity contribution in [2.24, 2.45) is 7.05 Å². The molecular weight excluding hydrogens is 318 g/mol. The molecule has 2 aromatic rings. The van der Waals surface area contributed by atoms with Gasteiger partial charge in [-0.25, -0.2) is 4.98 Å². The van der Waals surface area contributed by atoms with Crippen molar-refractivity contribution in [3.05, 3.63) is 51.0 Å². The highest BCUT2D eigenvalue weighted by molar-refractivity contribution is 5.95. The van der Waals surface area contributed by atoms with Crippen molar-refractivity contribution >= 4 is 5.91 Å². The maximum absolute atomic E-state index is 12.9. The van der Waals surface area contributed by atoms with Gasteiger partial charge in [0.05, 0.1) is 6.54 Å². The normalized spacial score (nSPS) is 15.6. The molecule has 0 spiro atoms. The number of nitrogens with zero attached hydrogens (tertiary/aromatic N) is 4. The van der Waals surface area contributed by atoms with E-state index in [2.05, 4.69) is 14.9 Å². The van der Waals surface area contributed by atoms with E-state index in [9.17, 15) is 9.59 Å². The van der Waals surface area contributed by atoms with Gasteiger partial charge in [0.15, 0.2) is 0 Å². The van der Waals surface area contributed by atoms with Crippen LogP contribution in [-0.4, -0.2) is 56.4 Å². The minimum absolute atomic E-state index is 0.168. The largest absolute Gasteiger partial charge is 0.337 e. The number of aryl methyl sites for hydroxylation is 2. The third-order valence-corrected chi connectivity index (χ3v) is 5.19. The number of imidazole rings is 1. The second-order valence-corrected chi connectivity index (χ2v) is 6.73. The maximum atomic E-state index is 12.9. The molecule has 1 N–H and O–H groups in total. The summed E-state index contributed by atoms with van der Waals surface area (Å²) >= 11 is 0. The Morgan fingerprint density at radius 1 is 1.16 bits per heavy atom. The predicted molar refractivity (Wildman–Crippen MR) is 95.7 cm³/mol. The van der Waals surface area contributed by atoms with Gasteiger partial charge >= 0.3 is 0 Å². The van der Waals surface area contributed by atoms with Gasteiger partial charge in [-0.2, -0.15) is 0 Å². The van der Waals surface area contributed by atoms with Gasteiger partial charge in [-0.1, -0.05) is 0 Å². The first kappa shape index (κ1) is 17.4. The molecule has 134 valence electrons. The number of aromatic nitrogens is 3. The molecule has 7 nitrogen and oxygen atoms in total. The molecule has 3 heterocycles. The fraction of sp³-hybridized carbons (Fsp3) is 0.500. The van der Waals surface area contributed by atoms with Crippen molar-refractivity contribution < 1.29 is 4.79 Å². The van der Waals surface area contributed by atoms with E-state index in [1.807, 2.05) is 38.6 Å². The number of hydrogen-bond donors (Lipinski definition) is 1. The second-order valence-electron chi connectivity index (χ2n) is 6.73. The predicted octanol–water partition coefficient (Wildman–Crippen LogP) is 0.992. The number of carbonyl (C=O) groups excluding carboxylic acids is 1. The SMILES string of the molecule is Cc1[nH]c(=O)c(C(=O)N2CCN(Cc3nccn3C)CC2)c(C)c1C. The first-order chi connectivity index (χ1) is 11.9. The summed E-state index contributed by atoms with van der Waals surface area (Å²) in [5, 5.41) is 0. The molecule has 1 amide bonds. The van der Waals surface area contributed by atoms with Crippen molar-refractivity contribution in [1.82, 2.24) is 24.3 Å². The maximum Gasteiger partial charge on any atom is 0.261 e. The van der Waals surface area contributed by atoms with E-state index in [1.54, 1.807) is 11.1 Å². The van der Waals surface area contributed by atoms with Crippen LogP contribution in [0.2, 0.25) is 0 Å². The molecule has 1 aliphatic rings. The Kier molecular flexibility index (Phi) is 4.76. The average molecular weight is 343 g/mol. The summed E-state index contributed by atoms with van der Waals surface area (Å²) in [6.07, 6.45) is 3.73. The van der Waals surface area contributed by atoms with Gasteiger partial charge in [0.1, 0.15) is 11.4 Å². The van der Waals surface area contributed by atoms with Crippen molar-refractivity contribution in [3.63, 3.8) is 0 Å². The Bertz CT molecular complexity index is 844. The molecule has 25 heavy (non-hydrogen) atoms. The first-order valence-electron chi connectivity index (χ1n) is 8.56. The number of pyridine rings is 1. The lowest BCUT2D eigenvalue weighted by atomic mass is 10.0. The molecule has 0 unspecified atom stereocenters. The lowest BCUT2D eigenvalue weighted by molar-refractivity contribution is 0.0621. The smallest absolute Gasteiger partial charge is 0.261 e. The van der Waals surface area contributed by atoms with E-state index in [0.717, 1.165) is 42.3 Å². The fourth-order valence-electron chi connectivity index (χ4n) is 3.24. The highest BCUT2D eigenvalue weighted by Crippen LogP contribution is 2.15. The van der Waals surface area contributed by atoms with Crippen LogP contribution in [0.15, 0.2) is 17.2 Å². The van der Waals surface area contributed by atoms with Gasteiger partial charge in [-0.05, 0) is 31.9 Å². The van der Waals surface area contributed by atoms with E-state index >= 15 is 0 Å². The molecule has 0 bridgehead atoms. The second kappa shape index (κ2) is 6.84. The van der Waals surface area contributed by atoms with Gasteiger partial charge in [0, 0.05) is 51.3 Å². The Balaban J connectivity index is 1.69. The number of piperazine rings is 1. The summed E-state index contributed by atoms with van der Waals surface area (Å²) in [4.78, 5) is 36.3. The van der Waals surface area contributed by atoms with E-state index in [0.29, 0.717) is 13.1 Å². The number of amides is 1. The van der Waals surface area contributed by atoms with Crippen molar-refractivity contribution in [2.75, 3.05) is 26.2 Å². The molecule has 0 radical (unpaired) electrons. The van der Waals surface area contributed by atoms with E-state index in [4.69, 9.17) is 0 Å². The quantitative estimate of drug-likeness (QED) is 0.902. The Hall–Kier alpha value is -2.41. The molecule has 0 aromatic carbocycles. The van der Waals surface area contributed by atoms with Crippen LogP contribution >= 0.6 is 0 Å². The number of rotatable bonds is 3. The number of hydrogen-bond acceptors (Lipinski definition) is 4. The molecular formula is C18H25N5O2. The van der Waals surface area contributed by atoms with Crippen LogP contribution in [0.4, 0.5) is 0 Å². The molecule has 1 saturated heterocycles. The molecule has 7 heteroatoms. The third-order valence-electron chi connectivity index (χ3n) is 5.19.